The van der Waals surface area contributed by atoms with E-state index in [2.05, 4.69) is 4.90 Å². The van der Waals surface area contributed by atoms with E-state index in [-0.39, 0.29) is 11.9 Å². The fourth-order valence-corrected chi connectivity index (χ4v) is 2.64. The van der Waals surface area contributed by atoms with E-state index in [0.29, 0.717) is 17.2 Å². The fourth-order valence-electron chi connectivity index (χ4n) is 2.42. The Bertz CT molecular complexity index is 531. The standard InChI is InChI=1S/C15H17ClN2O2/c1-2-20-15(19)11-5-7-18(8-6-11)13-4-3-12(10-17)14(16)9-13/h3-4,9,11H,2,5-8H2,1H3. The van der Waals surface area contributed by atoms with E-state index in [1.165, 1.54) is 0 Å². The zero-order valence-corrected chi connectivity index (χ0v) is 12.2. The highest BCUT2D eigenvalue weighted by molar-refractivity contribution is 6.32. The van der Waals surface area contributed by atoms with Crippen molar-refractivity contribution in [2.75, 3.05) is 24.6 Å². The average molecular weight is 293 g/mol. The Morgan fingerprint density at radius 1 is 1.50 bits per heavy atom. The first kappa shape index (κ1) is 14.7. The van der Waals surface area contributed by atoms with Gasteiger partial charge in [-0.05, 0) is 38.0 Å². The number of ether oxygens (including phenoxy) is 1. The second kappa shape index (κ2) is 6.62. The van der Waals surface area contributed by atoms with Crippen LogP contribution in [0.4, 0.5) is 5.69 Å². The average Bonchev–Trinajstić information content (AvgIpc) is 2.47. The Balaban J connectivity index is 1.99. The Morgan fingerprint density at radius 3 is 2.75 bits per heavy atom. The van der Waals surface area contributed by atoms with Gasteiger partial charge in [0.05, 0.1) is 23.1 Å². The molecule has 0 radical (unpaired) electrons. The molecule has 2 rings (SSSR count). The number of carbonyl (C=O) groups is 1. The van der Waals surface area contributed by atoms with Gasteiger partial charge in [0.15, 0.2) is 0 Å². The molecule has 0 atom stereocenters. The van der Waals surface area contributed by atoms with Gasteiger partial charge in [0.25, 0.3) is 0 Å². The van der Waals surface area contributed by atoms with Crippen molar-refractivity contribution in [2.45, 2.75) is 19.8 Å². The number of rotatable bonds is 3. The highest BCUT2D eigenvalue weighted by atomic mass is 35.5. The summed E-state index contributed by atoms with van der Waals surface area (Å²) < 4.78 is 5.06. The minimum absolute atomic E-state index is 0.0000497. The second-order valence-corrected chi connectivity index (χ2v) is 5.20. The van der Waals surface area contributed by atoms with Gasteiger partial charge >= 0.3 is 5.97 Å². The molecule has 1 heterocycles. The molecule has 0 saturated carbocycles. The normalized spacial score (nSPS) is 15.8. The van der Waals surface area contributed by atoms with E-state index in [9.17, 15) is 4.79 Å². The quantitative estimate of drug-likeness (QED) is 0.804. The molecule has 106 valence electrons. The van der Waals surface area contributed by atoms with Gasteiger partial charge in [0.2, 0.25) is 0 Å². The lowest BCUT2D eigenvalue weighted by molar-refractivity contribution is -0.148. The number of esters is 1. The summed E-state index contributed by atoms with van der Waals surface area (Å²) in [7, 11) is 0. The minimum atomic E-state index is -0.0926. The summed E-state index contributed by atoms with van der Waals surface area (Å²) in [5, 5.41) is 9.34. The summed E-state index contributed by atoms with van der Waals surface area (Å²) in [5.74, 6) is -0.0925. The molecule has 0 N–H and O–H groups in total. The Morgan fingerprint density at radius 2 is 2.20 bits per heavy atom. The molecule has 1 saturated heterocycles. The monoisotopic (exact) mass is 292 g/mol. The maximum Gasteiger partial charge on any atom is 0.309 e. The smallest absolute Gasteiger partial charge is 0.309 e. The maximum atomic E-state index is 11.7. The van der Waals surface area contributed by atoms with Crippen LogP contribution in [-0.4, -0.2) is 25.7 Å². The highest BCUT2D eigenvalue weighted by Gasteiger charge is 2.26. The first-order valence-electron chi connectivity index (χ1n) is 6.77. The highest BCUT2D eigenvalue weighted by Crippen LogP contribution is 2.27. The lowest BCUT2D eigenvalue weighted by Gasteiger charge is -2.32. The molecule has 0 aliphatic carbocycles. The molecule has 1 fully saturated rings. The summed E-state index contributed by atoms with van der Waals surface area (Å²) in [6.07, 6.45) is 1.58. The molecule has 5 heteroatoms. The van der Waals surface area contributed by atoms with Crippen molar-refractivity contribution in [3.8, 4) is 6.07 Å². The van der Waals surface area contributed by atoms with Gasteiger partial charge in [-0.1, -0.05) is 11.6 Å². The van der Waals surface area contributed by atoms with Crippen LogP contribution >= 0.6 is 11.6 Å². The number of hydrogen-bond donors (Lipinski definition) is 0. The summed E-state index contributed by atoms with van der Waals surface area (Å²) in [4.78, 5) is 13.9. The second-order valence-electron chi connectivity index (χ2n) is 4.79. The van der Waals surface area contributed by atoms with Crippen molar-refractivity contribution < 1.29 is 9.53 Å². The van der Waals surface area contributed by atoms with E-state index < -0.39 is 0 Å². The molecule has 1 aromatic carbocycles. The van der Waals surface area contributed by atoms with Crippen molar-refractivity contribution >= 4 is 23.3 Å². The Labute approximate surface area is 123 Å². The van der Waals surface area contributed by atoms with Crippen molar-refractivity contribution in [3.05, 3.63) is 28.8 Å². The number of carbonyl (C=O) groups excluding carboxylic acids is 1. The van der Waals surface area contributed by atoms with E-state index in [1.54, 1.807) is 6.07 Å². The zero-order chi connectivity index (χ0) is 14.5. The molecule has 0 aromatic heterocycles. The van der Waals surface area contributed by atoms with Crippen LogP contribution in [0.1, 0.15) is 25.3 Å². The molecule has 0 unspecified atom stereocenters. The van der Waals surface area contributed by atoms with Crippen LogP contribution in [0.3, 0.4) is 0 Å². The number of anilines is 1. The summed E-state index contributed by atoms with van der Waals surface area (Å²) in [6, 6.07) is 7.49. The third-order valence-corrected chi connectivity index (χ3v) is 3.87. The van der Waals surface area contributed by atoms with Crippen molar-refractivity contribution in [2.24, 2.45) is 5.92 Å². The maximum absolute atomic E-state index is 11.7. The lowest BCUT2D eigenvalue weighted by atomic mass is 9.96. The number of hydrogen-bond acceptors (Lipinski definition) is 4. The Hall–Kier alpha value is -1.73. The van der Waals surface area contributed by atoms with E-state index in [4.69, 9.17) is 21.6 Å². The van der Waals surface area contributed by atoms with Crippen LogP contribution in [0.5, 0.6) is 0 Å². The first-order chi connectivity index (χ1) is 9.65. The lowest BCUT2D eigenvalue weighted by Crippen LogP contribution is -2.36. The van der Waals surface area contributed by atoms with Crippen LogP contribution in [0.2, 0.25) is 5.02 Å². The molecule has 20 heavy (non-hydrogen) atoms. The summed E-state index contributed by atoms with van der Waals surface area (Å²) in [6.45, 7) is 3.85. The zero-order valence-electron chi connectivity index (χ0n) is 11.4. The van der Waals surface area contributed by atoms with E-state index >= 15 is 0 Å². The van der Waals surface area contributed by atoms with E-state index in [1.807, 2.05) is 25.1 Å². The fraction of sp³-hybridized carbons (Fsp3) is 0.467. The molecule has 4 nitrogen and oxygen atoms in total. The SMILES string of the molecule is CCOC(=O)C1CCN(c2ccc(C#N)c(Cl)c2)CC1. The molecule has 1 aliphatic rings. The van der Waals surface area contributed by atoms with Crippen LogP contribution in [0, 0.1) is 17.2 Å². The molecule has 1 aliphatic heterocycles. The number of nitriles is 1. The van der Waals surface area contributed by atoms with Gasteiger partial charge in [-0.15, -0.1) is 0 Å². The van der Waals surface area contributed by atoms with Crippen LogP contribution in [0.25, 0.3) is 0 Å². The van der Waals surface area contributed by atoms with Gasteiger partial charge in [0, 0.05) is 18.8 Å². The molecular weight excluding hydrogens is 276 g/mol. The third-order valence-electron chi connectivity index (χ3n) is 3.55. The Kier molecular flexibility index (Phi) is 4.86. The first-order valence-corrected chi connectivity index (χ1v) is 7.14. The largest absolute Gasteiger partial charge is 0.466 e. The van der Waals surface area contributed by atoms with Crippen LogP contribution in [0.15, 0.2) is 18.2 Å². The van der Waals surface area contributed by atoms with Gasteiger partial charge in [0.1, 0.15) is 6.07 Å². The van der Waals surface area contributed by atoms with Crippen molar-refractivity contribution in [3.63, 3.8) is 0 Å². The predicted octanol–water partition coefficient (Wildman–Crippen LogP) is 2.99. The molecule has 1 aromatic rings. The third kappa shape index (κ3) is 3.23. The van der Waals surface area contributed by atoms with Crippen molar-refractivity contribution in [1.29, 1.82) is 5.26 Å². The minimum Gasteiger partial charge on any atom is -0.466 e. The predicted molar refractivity (Wildman–Crippen MR) is 77.7 cm³/mol. The molecule has 0 amide bonds. The summed E-state index contributed by atoms with van der Waals surface area (Å²) in [5.41, 5.74) is 1.48. The summed E-state index contributed by atoms with van der Waals surface area (Å²) >= 11 is 6.05. The van der Waals surface area contributed by atoms with Crippen molar-refractivity contribution in [1.82, 2.24) is 0 Å². The molecule has 0 spiro atoms. The van der Waals surface area contributed by atoms with E-state index in [0.717, 1.165) is 31.6 Å². The van der Waals surface area contributed by atoms with Gasteiger partial charge in [-0.25, -0.2) is 0 Å². The van der Waals surface area contributed by atoms with Crippen LogP contribution in [-0.2, 0) is 9.53 Å². The number of piperidine rings is 1. The number of benzene rings is 1. The number of nitrogens with zero attached hydrogens (tertiary/aromatic N) is 2. The van der Waals surface area contributed by atoms with Gasteiger partial charge in [-0.3, -0.25) is 4.79 Å². The molecular formula is C15H17ClN2O2. The topological polar surface area (TPSA) is 53.3 Å². The van der Waals surface area contributed by atoms with Gasteiger partial charge in [-0.2, -0.15) is 5.26 Å². The number of halogens is 1. The molecule has 0 bridgehead atoms. The van der Waals surface area contributed by atoms with Gasteiger partial charge < -0.3 is 9.64 Å². The van der Waals surface area contributed by atoms with Crippen LogP contribution < -0.4 is 4.90 Å².